The standard InChI is InChI=1S/C38H47N9O4/c1-4-47-33(27-31(42-47)25-28(2)3)38(49)46-19-6-5-18-44(35(48)12-11-34-41-36(43-51-34)29-13-15-39-16-14-29)20-8-21-45-22-17-40-37(45)30-9-7-10-32(26-30)50-24-23-46/h7,9-10,13-17,22,26-28H,4-6,8,11-12,18-21,23-25H2,1-3H3. The van der Waals surface area contributed by atoms with Gasteiger partial charge in [0.2, 0.25) is 17.6 Å². The van der Waals surface area contributed by atoms with Crippen molar-refractivity contribution in [3.05, 3.63) is 84.5 Å². The predicted octanol–water partition coefficient (Wildman–Crippen LogP) is 5.58. The van der Waals surface area contributed by atoms with Crippen LogP contribution in [-0.2, 0) is 30.7 Å². The molecule has 0 saturated heterocycles. The van der Waals surface area contributed by atoms with Crippen LogP contribution >= 0.6 is 0 Å². The Morgan fingerprint density at radius 2 is 1.71 bits per heavy atom. The Kier molecular flexibility index (Phi) is 11.9. The lowest BCUT2D eigenvalue weighted by molar-refractivity contribution is -0.131. The average molecular weight is 694 g/mol. The molecule has 1 aromatic carbocycles. The van der Waals surface area contributed by atoms with E-state index in [9.17, 15) is 9.59 Å². The minimum atomic E-state index is -0.0599. The van der Waals surface area contributed by atoms with Crippen molar-refractivity contribution in [3.8, 4) is 28.5 Å². The molecule has 5 heterocycles. The number of nitrogens with zero attached hydrogens (tertiary/aromatic N) is 9. The largest absolute Gasteiger partial charge is 0.492 e. The lowest BCUT2D eigenvalue weighted by atomic mass is 10.1. The zero-order valence-corrected chi connectivity index (χ0v) is 29.8. The topological polar surface area (TPSA) is 137 Å². The molecule has 0 spiro atoms. The Bertz CT molecular complexity index is 1880. The number of hydrogen-bond acceptors (Lipinski definition) is 9. The molecule has 0 atom stereocenters. The monoisotopic (exact) mass is 693 g/mol. The van der Waals surface area contributed by atoms with Gasteiger partial charge in [0.1, 0.15) is 23.9 Å². The van der Waals surface area contributed by atoms with Crippen LogP contribution in [-0.4, -0.2) is 88.9 Å². The van der Waals surface area contributed by atoms with Crippen LogP contribution in [0.4, 0.5) is 0 Å². The molecule has 0 radical (unpaired) electrons. The van der Waals surface area contributed by atoms with E-state index in [0.717, 1.165) is 54.1 Å². The number of aromatic nitrogens is 7. The number of imidazole rings is 1. The highest BCUT2D eigenvalue weighted by atomic mass is 16.5. The van der Waals surface area contributed by atoms with E-state index in [0.29, 0.717) is 75.6 Å². The third kappa shape index (κ3) is 9.27. The molecule has 13 heteroatoms. The van der Waals surface area contributed by atoms with Crippen molar-refractivity contribution < 1.29 is 18.8 Å². The van der Waals surface area contributed by atoms with Gasteiger partial charge < -0.3 is 23.6 Å². The Balaban J connectivity index is 1.18. The number of amides is 2. The summed E-state index contributed by atoms with van der Waals surface area (Å²) in [7, 11) is 0. The molecule has 0 fully saturated rings. The van der Waals surface area contributed by atoms with Crippen molar-refractivity contribution in [2.75, 3.05) is 32.8 Å². The molecule has 0 N–H and O–H groups in total. The average Bonchev–Trinajstić information content (AvgIpc) is 3.91. The van der Waals surface area contributed by atoms with Crippen LogP contribution in [0.15, 0.2) is 71.8 Å². The van der Waals surface area contributed by atoms with Gasteiger partial charge in [0.25, 0.3) is 5.91 Å². The summed E-state index contributed by atoms with van der Waals surface area (Å²) in [5.41, 5.74) is 3.27. The van der Waals surface area contributed by atoms with E-state index < -0.39 is 0 Å². The molecule has 6 rings (SSSR count). The van der Waals surface area contributed by atoms with Crippen molar-refractivity contribution >= 4 is 11.8 Å². The minimum absolute atomic E-state index is 0.0287. The van der Waals surface area contributed by atoms with Crippen LogP contribution in [0.2, 0.25) is 0 Å². The Labute approximate surface area is 298 Å². The van der Waals surface area contributed by atoms with Gasteiger partial charge in [-0.05, 0) is 68.9 Å². The maximum Gasteiger partial charge on any atom is 0.272 e. The van der Waals surface area contributed by atoms with Crippen molar-refractivity contribution in [3.63, 3.8) is 0 Å². The summed E-state index contributed by atoms with van der Waals surface area (Å²) >= 11 is 0. The molecular formula is C38H47N9O4. The first-order chi connectivity index (χ1) is 24.9. The second-order valence-electron chi connectivity index (χ2n) is 13.2. The van der Waals surface area contributed by atoms with E-state index in [1.165, 1.54) is 0 Å². The zero-order chi connectivity index (χ0) is 35.6. The highest BCUT2D eigenvalue weighted by Crippen LogP contribution is 2.24. The lowest BCUT2D eigenvalue weighted by Gasteiger charge is -2.25. The lowest BCUT2D eigenvalue weighted by Crippen LogP contribution is -2.37. The fourth-order valence-corrected chi connectivity index (χ4v) is 6.37. The second-order valence-corrected chi connectivity index (χ2v) is 13.2. The number of fused-ring (bicyclic) bond motifs is 4. The normalized spacial score (nSPS) is 14.6. The molecule has 0 unspecified atom stereocenters. The number of benzene rings is 1. The quantitative estimate of drug-likeness (QED) is 0.204. The molecule has 1 aliphatic rings. The summed E-state index contributed by atoms with van der Waals surface area (Å²) < 4.78 is 15.6. The van der Waals surface area contributed by atoms with E-state index in [-0.39, 0.29) is 18.2 Å². The fraction of sp³-hybridized carbons (Fsp3) is 0.447. The van der Waals surface area contributed by atoms with Crippen molar-refractivity contribution in [1.29, 1.82) is 0 Å². The smallest absolute Gasteiger partial charge is 0.272 e. The zero-order valence-electron chi connectivity index (χ0n) is 29.8. The van der Waals surface area contributed by atoms with Gasteiger partial charge in [-0.25, -0.2) is 4.98 Å². The van der Waals surface area contributed by atoms with Crippen LogP contribution in [0, 0.1) is 5.92 Å². The Hall–Kier alpha value is -5.33. The van der Waals surface area contributed by atoms with Gasteiger partial charge in [-0.1, -0.05) is 31.1 Å². The molecule has 1 aliphatic heterocycles. The number of aryl methyl sites for hydroxylation is 3. The summed E-state index contributed by atoms with van der Waals surface area (Å²) in [4.78, 5) is 44.7. The number of rotatable bonds is 8. The molecule has 0 saturated carbocycles. The molecular weight excluding hydrogens is 646 g/mol. The van der Waals surface area contributed by atoms with Crippen molar-refractivity contribution in [2.24, 2.45) is 5.92 Å². The highest BCUT2D eigenvalue weighted by molar-refractivity contribution is 5.92. The third-order valence-electron chi connectivity index (χ3n) is 8.94. The number of ether oxygens (including phenoxy) is 1. The van der Waals surface area contributed by atoms with Crippen LogP contribution in [0.25, 0.3) is 22.8 Å². The van der Waals surface area contributed by atoms with Crippen LogP contribution in [0.1, 0.15) is 68.5 Å². The first kappa shape index (κ1) is 35.5. The summed E-state index contributed by atoms with van der Waals surface area (Å²) in [5.74, 6) is 2.87. The first-order valence-corrected chi connectivity index (χ1v) is 18.0. The van der Waals surface area contributed by atoms with E-state index in [2.05, 4.69) is 38.5 Å². The summed E-state index contributed by atoms with van der Waals surface area (Å²) in [6, 6.07) is 13.5. The summed E-state index contributed by atoms with van der Waals surface area (Å²) in [5, 5.41) is 8.81. The van der Waals surface area contributed by atoms with Crippen LogP contribution in [0.5, 0.6) is 5.75 Å². The molecule has 13 nitrogen and oxygen atoms in total. The van der Waals surface area contributed by atoms with E-state index >= 15 is 0 Å². The molecule has 2 bridgehead atoms. The highest BCUT2D eigenvalue weighted by Gasteiger charge is 2.23. The summed E-state index contributed by atoms with van der Waals surface area (Å²) in [6.45, 7) is 10.1. The van der Waals surface area contributed by atoms with Gasteiger partial charge in [-0.2, -0.15) is 10.1 Å². The number of hydrogen-bond donors (Lipinski definition) is 0. The van der Waals surface area contributed by atoms with E-state index in [4.69, 9.17) is 14.4 Å². The molecule has 0 aliphatic carbocycles. The maximum atomic E-state index is 14.0. The Morgan fingerprint density at radius 1 is 0.902 bits per heavy atom. The molecule has 51 heavy (non-hydrogen) atoms. The number of carbonyl (C=O) groups is 2. The van der Waals surface area contributed by atoms with E-state index in [1.807, 2.05) is 65.4 Å². The van der Waals surface area contributed by atoms with Gasteiger partial charge in [0.05, 0.1) is 12.2 Å². The third-order valence-corrected chi connectivity index (χ3v) is 8.94. The van der Waals surface area contributed by atoms with Gasteiger partial charge >= 0.3 is 0 Å². The number of pyridine rings is 1. The maximum absolute atomic E-state index is 14.0. The Morgan fingerprint density at radius 3 is 2.51 bits per heavy atom. The predicted molar refractivity (Wildman–Crippen MR) is 192 cm³/mol. The van der Waals surface area contributed by atoms with Gasteiger partial charge in [-0.3, -0.25) is 19.3 Å². The van der Waals surface area contributed by atoms with Crippen molar-refractivity contribution in [1.82, 2.24) is 44.3 Å². The molecule has 268 valence electrons. The second kappa shape index (κ2) is 17.1. The van der Waals surface area contributed by atoms with Gasteiger partial charge in [0.15, 0.2) is 0 Å². The SMILES string of the molecule is CCn1nc(CC(C)C)cc1C(=O)N1CCCCN(C(=O)CCc2nc(-c3ccncc3)no2)CCCn2ccnc2-c2cccc(c2)OCC1. The van der Waals surface area contributed by atoms with Gasteiger partial charge in [0, 0.05) is 81.5 Å². The minimum Gasteiger partial charge on any atom is -0.492 e. The first-order valence-electron chi connectivity index (χ1n) is 18.0. The van der Waals surface area contributed by atoms with Crippen LogP contribution in [0.3, 0.4) is 0 Å². The van der Waals surface area contributed by atoms with Crippen molar-refractivity contribution in [2.45, 2.75) is 72.4 Å². The van der Waals surface area contributed by atoms with E-state index in [1.54, 1.807) is 23.3 Å². The number of carbonyl (C=O) groups excluding carboxylic acids is 2. The summed E-state index contributed by atoms with van der Waals surface area (Å²) in [6.07, 6.45) is 10.8. The van der Waals surface area contributed by atoms with Crippen LogP contribution < -0.4 is 4.74 Å². The molecule has 4 aromatic heterocycles. The van der Waals surface area contributed by atoms with Gasteiger partial charge in [-0.15, -0.1) is 0 Å². The molecule has 5 aromatic rings. The fourth-order valence-electron chi connectivity index (χ4n) is 6.37. The molecule has 2 amide bonds.